The number of ether oxygens (including phenoxy) is 1. The van der Waals surface area contributed by atoms with Crippen molar-refractivity contribution in [3.63, 3.8) is 0 Å². The molecule has 0 radical (unpaired) electrons. The molecule has 0 saturated carbocycles. The van der Waals surface area contributed by atoms with E-state index in [2.05, 4.69) is 10.0 Å². The van der Waals surface area contributed by atoms with Crippen molar-refractivity contribution >= 4 is 27.3 Å². The Morgan fingerprint density at radius 3 is 2.48 bits per heavy atom. The smallest absolute Gasteiger partial charge is 0.250 e. The molecule has 2 rings (SSSR count). The van der Waals surface area contributed by atoms with Gasteiger partial charge in [-0.2, -0.15) is 0 Å². The lowest BCUT2D eigenvalue weighted by molar-refractivity contribution is -0.119. The van der Waals surface area contributed by atoms with Gasteiger partial charge in [0.05, 0.1) is 13.2 Å². The Labute approximate surface area is 152 Å². The van der Waals surface area contributed by atoms with Crippen molar-refractivity contribution in [1.29, 1.82) is 0 Å². The number of thiophene rings is 1. The molecule has 2 aromatic rings. The molecule has 1 aromatic carbocycles. The fourth-order valence-corrected chi connectivity index (χ4v) is 4.73. The summed E-state index contributed by atoms with van der Waals surface area (Å²) in [6.07, 6.45) is 0. The highest BCUT2D eigenvalue weighted by Gasteiger charge is 2.20. The van der Waals surface area contributed by atoms with E-state index in [1.54, 1.807) is 19.1 Å². The van der Waals surface area contributed by atoms with E-state index in [9.17, 15) is 13.2 Å². The number of sulfonamides is 1. The summed E-state index contributed by atoms with van der Waals surface area (Å²) in [5.74, 6) is 0.599. The highest BCUT2D eigenvalue weighted by atomic mass is 32.2. The molecule has 25 heavy (non-hydrogen) atoms. The van der Waals surface area contributed by atoms with Crippen LogP contribution in [0.3, 0.4) is 0 Å². The molecule has 0 fully saturated rings. The van der Waals surface area contributed by atoms with Gasteiger partial charge in [-0.25, -0.2) is 13.1 Å². The van der Waals surface area contributed by atoms with Gasteiger partial charge in [0, 0.05) is 17.8 Å². The molecule has 1 aromatic heterocycles. The van der Waals surface area contributed by atoms with Crippen LogP contribution >= 0.6 is 11.3 Å². The van der Waals surface area contributed by atoms with E-state index >= 15 is 0 Å². The lowest BCUT2D eigenvalue weighted by Crippen LogP contribution is -2.26. The lowest BCUT2D eigenvalue weighted by atomic mass is 10.1. The number of hydrogen-bond donors (Lipinski definition) is 2. The van der Waals surface area contributed by atoms with E-state index in [-0.39, 0.29) is 16.2 Å². The quantitative estimate of drug-likeness (QED) is 0.735. The van der Waals surface area contributed by atoms with Gasteiger partial charge in [-0.1, -0.05) is 12.1 Å². The van der Waals surface area contributed by atoms with Crippen LogP contribution in [-0.4, -0.2) is 20.9 Å². The predicted molar refractivity (Wildman–Crippen MR) is 98.2 cm³/mol. The second-order valence-electron chi connectivity index (χ2n) is 5.48. The SMILES string of the molecule is CCOc1ccc(C(C)NS(=O)(=O)c2ccc(CNC(C)=O)s2)cc1. The molecule has 1 unspecified atom stereocenters. The second kappa shape index (κ2) is 8.46. The summed E-state index contributed by atoms with van der Waals surface area (Å²) in [4.78, 5) is 11.7. The van der Waals surface area contributed by atoms with Crippen LogP contribution < -0.4 is 14.8 Å². The molecule has 136 valence electrons. The van der Waals surface area contributed by atoms with Crippen LogP contribution in [0.5, 0.6) is 5.75 Å². The van der Waals surface area contributed by atoms with Gasteiger partial charge in [0.2, 0.25) is 5.91 Å². The summed E-state index contributed by atoms with van der Waals surface area (Å²) < 4.78 is 33.3. The zero-order chi connectivity index (χ0) is 18.4. The van der Waals surface area contributed by atoms with Gasteiger partial charge in [0.25, 0.3) is 10.0 Å². The maximum absolute atomic E-state index is 12.5. The normalized spacial score (nSPS) is 12.6. The zero-order valence-corrected chi connectivity index (χ0v) is 16.0. The average molecular weight is 383 g/mol. The molecule has 2 N–H and O–H groups in total. The van der Waals surface area contributed by atoms with E-state index in [1.807, 2.05) is 31.2 Å². The van der Waals surface area contributed by atoms with Crippen LogP contribution in [0.2, 0.25) is 0 Å². The van der Waals surface area contributed by atoms with E-state index < -0.39 is 10.0 Å². The molecular weight excluding hydrogens is 360 g/mol. The Morgan fingerprint density at radius 2 is 1.88 bits per heavy atom. The van der Waals surface area contributed by atoms with Gasteiger partial charge in [-0.15, -0.1) is 11.3 Å². The molecule has 0 aliphatic carbocycles. The van der Waals surface area contributed by atoms with Crippen LogP contribution in [0.25, 0.3) is 0 Å². The molecule has 1 atom stereocenters. The van der Waals surface area contributed by atoms with Gasteiger partial charge in [-0.3, -0.25) is 4.79 Å². The van der Waals surface area contributed by atoms with Crippen LogP contribution in [0.4, 0.5) is 0 Å². The third-order valence-corrected chi connectivity index (χ3v) is 6.55. The number of benzene rings is 1. The number of rotatable bonds is 8. The van der Waals surface area contributed by atoms with E-state index in [1.165, 1.54) is 6.92 Å². The van der Waals surface area contributed by atoms with Crippen molar-refractivity contribution in [2.24, 2.45) is 0 Å². The third kappa shape index (κ3) is 5.55. The third-order valence-electron chi connectivity index (χ3n) is 3.44. The summed E-state index contributed by atoms with van der Waals surface area (Å²) in [7, 11) is -3.62. The van der Waals surface area contributed by atoms with Crippen molar-refractivity contribution in [3.8, 4) is 5.75 Å². The number of amides is 1. The minimum atomic E-state index is -3.62. The first kappa shape index (κ1) is 19.4. The van der Waals surface area contributed by atoms with Crippen molar-refractivity contribution in [1.82, 2.24) is 10.0 Å². The zero-order valence-electron chi connectivity index (χ0n) is 14.4. The minimum absolute atomic E-state index is 0.153. The maximum atomic E-state index is 12.5. The number of nitrogens with one attached hydrogen (secondary N) is 2. The summed E-state index contributed by atoms with van der Waals surface area (Å²) >= 11 is 1.14. The summed E-state index contributed by atoms with van der Waals surface area (Å²) in [5, 5.41) is 2.65. The van der Waals surface area contributed by atoms with Crippen molar-refractivity contribution in [2.45, 2.75) is 37.6 Å². The molecule has 8 heteroatoms. The Hall–Kier alpha value is -1.90. The molecule has 0 bridgehead atoms. The Bertz CT molecular complexity index is 813. The largest absolute Gasteiger partial charge is 0.494 e. The highest BCUT2D eigenvalue weighted by molar-refractivity contribution is 7.91. The monoisotopic (exact) mass is 382 g/mol. The molecule has 0 aliphatic rings. The highest BCUT2D eigenvalue weighted by Crippen LogP contribution is 2.24. The van der Waals surface area contributed by atoms with Gasteiger partial charge < -0.3 is 10.1 Å². The standard InChI is InChI=1S/C17H22N2O4S2/c1-4-23-15-7-5-14(6-8-15)12(2)19-25(21,22)17-10-9-16(24-17)11-18-13(3)20/h5-10,12,19H,4,11H2,1-3H3,(H,18,20). The molecule has 0 saturated heterocycles. The van der Waals surface area contributed by atoms with E-state index in [0.29, 0.717) is 13.2 Å². The average Bonchev–Trinajstić information content (AvgIpc) is 3.03. The fourth-order valence-electron chi connectivity index (χ4n) is 2.19. The molecule has 0 aliphatic heterocycles. The Kier molecular flexibility index (Phi) is 6.57. The number of hydrogen-bond acceptors (Lipinski definition) is 5. The maximum Gasteiger partial charge on any atom is 0.250 e. The topological polar surface area (TPSA) is 84.5 Å². The number of carbonyl (C=O) groups is 1. The molecular formula is C17H22N2O4S2. The van der Waals surface area contributed by atoms with Gasteiger partial charge in [-0.05, 0) is 43.7 Å². The Morgan fingerprint density at radius 1 is 1.20 bits per heavy atom. The predicted octanol–water partition coefficient (Wildman–Crippen LogP) is 2.82. The molecule has 1 amide bonds. The van der Waals surface area contributed by atoms with Crippen molar-refractivity contribution < 1.29 is 17.9 Å². The fraction of sp³-hybridized carbons (Fsp3) is 0.353. The second-order valence-corrected chi connectivity index (χ2v) is 8.58. The van der Waals surface area contributed by atoms with Crippen molar-refractivity contribution in [2.75, 3.05) is 6.61 Å². The van der Waals surface area contributed by atoms with Gasteiger partial charge >= 0.3 is 0 Å². The van der Waals surface area contributed by atoms with Gasteiger partial charge in [0.1, 0.15) is 9.96 Å². The van der Waals surface area contributed by atoms with E-state index in [4.69, 9.17) is 4.74 Å². The van der Waals surface area contributed by atoms with Crippen LogP contribution in [0.1, 0.15) is 37.3 Å². The summed E-state index contributed by atoms with van der Waals surface area (Å²) in [6, 6.07) is 10.2. The van der Waals surface area contributed by atoms with E-state index in [0.717, 1.165) is 27.5 Å². The van der Waals surface area contributed by atoms with Crippen LogP contribution in [-0.2, 0) is 21.4 Å². The van der Waals surface area contributed by atoms with Crippen LogP contribution in [0.15, 0.2) is 40.6 Å². The van der Waals surface area contributed by atoms with Crippen molar-refractivity contribution in [3.05, 3.63) is 46.8 Å². The van der Waals surface area contributed by atoms with Crippen LogP contribution in [0, 0.1) is 0 Å². The molecule has 1 heterocycles. The first-order chi connectivity index (χ1) is 11.8. The minimum Gasteiger partial charge on any atom is -0.494 e. The summed E-state index contributed by atoms with van der Waals surface area (Å²) in [5.41, 5.74) is 0.849. The molecule has 6 nitrogen and oxygen atoms in total. The molecule has 0 spiro atoms. The first-order valence-electron chi connectivity index (χ1n) is 7.90. The first-order valence-corrected chi connectivity index (χ1v) is 10.2. The summed E-state index contributed by atoms with van der Waals surface area (Å²) in [6.45, 7) is 6.03. The number of carbonyl (C=O) groups excluding carboxylic acids is 1. The van der Waals surface area contributed by atoms with Gasteiger partial charge in [0.15, 0.2) is 0 Å². The lowest BCUT2D eigenvalue weighted by Gasteiger charge is -2.14. The Balaban J connectivity index is 2.05.